The van der Waals surface area contributed by atoms with Gasteiger partial charge in [-0.2, -0.15) is 0 Å². The predicted octanol–water partition coefficient (Wildman–Crippen LogP) is 0.400. The van der Waals surface area contributed by atoms with Gasteiger partial charge in [0, 0.05) is 6.42 Å². The molecule has 0 saturated heterocycles. The van der Waals surface area contributed by atoms with Gasteiger partial charge in [0.25, 0.3) is 0 Å². The van der Waals surface area contributed by atoms with Gasteiger partial charge in [-0.3, -0.25) is 14.4 Å². The van der Waals surface area contributed by atoms with Gasteiger partial charge in [0.2, 0.25) is 17.7 Å². The van der Waals surface area contributed by atoms with E-state index >= 15 is 0 Å². The van der Waals surface area contributed by atoms with Crippen LogP contribution < -0.4 is 33.2 Å². The number of nitrogens with one attached hydrogen (secondary N) is 3. The van der Waals surface area contributed by atoms with E-state index < -0.39 is 47.9 Å². The first-order valence-corrected chi connectivity index (χ1v) is 13.5. The Balaban J connectivity index is 2.98. The maximum atomic E-state index is 13.3. The largest absolute Gasteiger partial charge is 0.480 e. The van der Waals surface area contributed by atoms with Gasteiger partial charge < -0.3 is 38.3 Å². The molecule has 0 aromatic heterocycles. The SMILES string of the molecule is CCC(C)C(NC(=O)C(CCCCN)NC(=O)C(N)CCCCN)C(=O)NC(Cc1ccccc1)C(=O)O. The average molecular weight is 535 g/mol. The summed E-state index contributed by atoms with van der Waals surface area (Å²) in [4.78, 5) is 51.1. The highest BCUT2D eigenvalue weighted by molar-refractivity contribution is 5.94. The van der Waals surface area contributed by atoms with E-state index in [1.54, 1.807) is 31.2 Å². The van der Waals surface area contributed by atoms with Crippen molar-refractivity contribution in [3.05, 3.63) is 35.9 Å². The fraction of sp³-hybridized carbons (Fsp3) is 0.630. The van der Waals surface area contributed by atoms with E-state index in [1.165, 1.54) is 0 Å². The molecule has 3 amide bonds. The topological polar surface area (TPSA) is 203 Å². The molecule has 10 N–H and O–H groups in total. The molecule has 1 rings (SSSR count). The molecule has 11 nitrogen and oxygen atoms in total. The number of carboxylic acid groups (broad SMARTS) is 1. The molecule has 0 bridgehead atoms. The van der Waals surface area contributed by atoms with E-state index in [0.29, 0.717) is 51.6 Å². The van der Waals surface area contributed by atoms with Crippen LogP contribution in [-0.2, 0) is 25.6 Å². The molecule has 0 fully saturated rings. The van der Waals surface area contributed by atoms with Crippen molar-refractivity contribution in [2.75, 3.05) is 13.1 Å². The van der Waals surface area contributed by atoms with Gasteiger partial charge in [-0.1, -0.05) is 57.0 Å². The molecule has 0 saturated carbocycles. The Bertz CT molecular complexity index is 869. The van der Waals surface area contributed by atoms with E-state index in [4.69, 9.17) is 17.2 Å². The van der Waals surface area contributed by atoms with Crippen LogP contribution in [0.3, 0.4) is 0 Å². The number of rotatable bonds is 19. The highest BCUT2D eigenvalue weighted by Gasteiger charge is 2.32. The minimum atomic E-state index is -1.17. The minimum absolute atomic E-state index is 0.100. The van der Waals surface area contributed by atoms with Crippen LogP contribution in [0.1, 0.15) is 64.4 Å². The maximum absolute atomic E-state index is 13.3. The number of benzene rings is 1. The van der Waals surface area contributed by atoms with Crippen molar-refractivity contribution in [2.24, 2.45) is 23.1 Å². The van der Waals surface area contributed by atoms with Crippen molar-refractivity contribution in [1.82, 2.24) is 16.0 Å². The van der Waals surface area contributed by atoms with Crippen LogP contribution in [0.4, 0.5) is 0 Å². The van der Waals surface area contributed by atoms with Gasteiger partial charge in [-0.15, -0.1) is 0 Å². The van der Waals surface area contributed by atoms with Crippen molar-refractivity contribution in [1.29, 1.82) is 0 Å². The Hall–Kier alpha value is -3.02. The quantitative estimate of drug-likeness (QED) is 0.123. The van der Waals surface area contributed by atoms with Gasteiger partial charge in [0.15, 0.2) is 0 Å². The van der Waals surface area contributed by atoms with Crippen LogP contribution in [0.15, 0.2) is 30.3 Å². The normalized spacial score (nSPS) is 15.0. The van der Waals surface area contributed by atoms with Gasteiger partial charge in [-0.25, -0.2) is 4.79 Å². The number of carbonyl (C=O) groups excluding carboxylic acids is 3. The summed E-state index contributed by atoms with van der Waals surface area (Å²) in [6.07, 6.45) is 4.12. The summed E-state index contributed by atoms with van der Waals surface area (Å²) in [6.45, 7) is 4.62. The fourth-order valence-electron chi connectivity index (χ4n) is 3.95. The zero-order valence-electron chi connectivity index (χ0n) is 22.7. The van der Waals surface area contributed by atoms with E-state index in [2.05, 4.69) is 16.0 Å². The first-order valence-electron chi connectivity index (χ1n) is 13.5. The molecule has 214 valence electrons. The molecule has 1 aromatic carbocycles. The monoisotopic (exact) mass is 534 g/mol. The number of aliphatic carboxylic acids is 1. The van der Waals surface area contributed by atoms with Crippen molar-refractivity contribution in [3.8, 4) is 0 Å². The highest BCUT2D eigenvalue weighted by atomic mass is 16.4. The van der Waals surface area contributed by atoms with Crippen LogP contribution in [0.25, 0.3) is 0 Å². The Morgan fingerprint density at radius 3 is 1.95 bits per heavy atom. The molecule has 0 heterocycles. The van der Waals surface area contributed by atoms with Crippen LogP contribution in [0.2, 0.25) is 0 Å². The number of hydrogen-bond donors (Lipinski definition) is 7. The molecule has 0 spiro atoms. The molecule has 5 atom stereocenters. The Kier molecular flexibility index (Phi) is 15.9. The lowest BCUT2D eigenvalue weighted by Gasteiger charge is -2.28. The van der Waals surface area contributed by atoms with Crippen molar-refractivity contribution in [2.45, 2.75) is 89.4 Å². The van der Waals surface area contributed by atoms with Crippen LogP contribution in [0.5, 0.6) is 0 Å². The van der Waals surface area contributed by atoms with Gasteiger partial charge in [0.05, 0.1) is 6.04 Å². The summed E-state index contributed by atoms with van der Waals surface area (Å²) in [5.74, 6) is -3.04. The molecule has 11 heteroatoms. The highest BCUT2D eigenvalue weighted by Crippen LogP contribution is 2.12. The van der Waals surface area contributed by atoms with Crippen LogP contribution in [-0.4, -0.2) is 66.1 Å². The smallest absolute Gasteiger partial charge is 0.326 e. The molecule has 0 aliphatic heterocycles. The summed E-state index contributed by atoms with van der Waals surface area (Å²) in [5, 5.41) is 17.8. The number of carboxylic acids is 1. The molecule has 0 radical (unpaired) electrons. The molecule has 1 aromatic rings. The summed E-state index contributed by atoms with van der Waals surface area (Å²) in [7, 11) is 0. The van der Waals surface area contributed by atoms with Crippen LogP contribution >= 0.6 is 0 Å². The lowest BCUT2D eigenvalue weighted by atomic mass is 9.96. The van der Waals surface area contributed by atoms with Crippen molar-refractivity contribution < 1.29 is 24.3 Å². The minimum Gasteiger partial charge on any atom is -0.480 e. The molecule has 5 unspecified atom stereocenters. The predicted molar refractivity (Wildman–Crippen MR) is 147 cm³/mol. The lowest BCUT2D eigenvalue weighted by molar-refractivity contribution is -0.142. The zero-order valence-corrected chi connectivity index (χ0v) is 22.7. The summed E-state index contributed by atoms with van der Waals surface area (Å²) in [6, 6.07) is 5.13. The standard InChI is InChI=1S/C27H46N6O5/c1-3-18(2)23(26(36)32-22(27(37)38)17-19-11-5-4-6-12-19)33-25(35)21(14-8-10-16-29)31-24(34)20(30)13-7-9-15-28/h4-6,11-12,18,20-23H,3,7-10,13-17,28-30H2,1-2H3,(H,31,34)(H,32,36)(H,33,35)(H,37,38). The third-order valence-corrected chi connectivity index (χ3v) is 6.58. The Morgan fingerprint density at radius 2 is 1.39 bits per heavy atom. The lowest BCUT2D eigenvalue weighted by Crippen LogP contribution is -2.58. The number of amides is 3. The summed E-state index contributed by atoms with van der Waals surface area (Å²) >= 11 is 0. The molecular weight excluding hydrogens is 488 g/mol. The molecule has 38 heavy (non-hydrogen) atoms. The van der Waals surface area contributed by atoms with Gasteiger partial charge in [-0.05, 0) is 56.7 Å². The second-order valence-corrected chi connectivity index (χ2v) is 9.70. The molecule has 0 aliphatic carbocycles. The van der Waals surface area contributed by atoms with E-state index in [9.17, 15) is 24.3 Å². The van der Waals surface area contributed by atoms with Gasteiger partial charge >= 0.3 is 5.97 Å². The van der Waals surface area contributed by atoms with E-state index in [0.717, 1.165) is 12.0 Å². The first kappa shape index (κ1) is 33.0. The zero-order chi connectivity index (χ0) is 28.5. The number of carbonyl (C=O) groups is 4. The number of nitrogens with two attached hydrogens (primary N) is 3. The summed E-state index contributed by atoms with van der Waals surface area (Å²) < 4.78 is 0. The Morgan fingerprint density at radius 1 is 0.816 bits per heavy atom. The van der Waals surface area contributed by atoms with Crippen molar-refractivity contribution in [3.63, 3.8) is 0 Å². The third-order valence-electron chi connectivity index (χ3n) is 6.58. The Labute approximate surface area is 225 Å². The third kappa shape index (κ3) is 12.0. The van der Waals surface area contributed by atoms with E-state index in [-0.39, 0.29) is 12.3 Å². The first-order chi connectivity index (χ1) is 18.1. The summed E-state index contributed by atoms with van der Waals surface area (Å²) in [5.41, 5.74) is 17.9. The van der Waals surface area contributed by atoms with Crippen molar-refractivity contribution >= 4 is 23.7 Å². The second kappa shape index (κ2) is 18.3. The van der Waals surface area contributed by atoms with Gasteiger partial charge in [0.1, 0.15) is 18.1 Å². The number of hydrogen-bond acceptors (Lipinski definition) is 7. The fourth-order valence-corrected chi connectivity index (χ4v) is 3.95. The molecule has 0 aliphatic rings. The maximum Gasteiger partial charge on any atom is 0.326 e. The second-order valence-electron chi connectivity index (χ2n) is 9.70. The van der Waals surface area contributed by atoms with Crippen LogP contribution in [0, 0.1) is 5.92 Å². The van der Waals surface area contributed by atoms with E-state index in [1.807, 2.05) is 13.0 Å². The molecular formula is C27H46N6O5. The number of unbranched alkanes of at least 4 members (excludes halogenated alkanes) is 2. The average Bonchev–Trinajstić information content (AvgIpc) is 2.90.